The van der Waals surface area contributed by atoms with E-state index in [1.54, 1.807) is 19.1 Å². The summed E-state index contributed by atoms with van der Waals surface area (Å²) in [5.74, 6) is -0.670. The summed E-state index contributed by atoms with van der Waals surface area (Å²) in [4.78, 5) is 12.1. The number of carbonyl (C=O) groups is 1. The molecule has 0 aliphatic rings. The second kappa shape index (κ2) is 7.39. The van der Waals surface area contributed by atoms with Gasteiger partial charge in [0.05, 0.1) is 6.26 Å². The van der Waals surface area contributed by atoms with Crippen LogP contribution in [0.2, 0.25) is 0 Å². The summed E-state index contributed by atoms with van der Waals surface area (Å²) >= 11 is 0. The second-order valence-corrected chi connectivity index (χ2v) is 5.22. The van der Waals surface area contributed by atoms with Gasteiger partial charge in [0, 0.05) is 18.0 Å². The number of aliphatic hydroxyl groups is 1. The summed E-state index contributed by atoms with van der Waals surface area (Å²) in [6.45, 7) is 1.67. The Labute approximate surface area is 136 Å². The highest BCUT2D eigenvalue weighted by Gasteiger charge is 2.31. The number of alkyl halides is 3. The molecule has 24 heavy (non-hydrogen) atoms. The van der Waals surface area contributed by atoms with Gasteiger partial charge in [0.2, 0.25) is 0 Å². The first-order chi connectivity index (χ1) is 11.2. The van der Waals surface area contributed by atoms with Gasteiger partial charge in [0.1, 0.15) is 17.6 Å². The number of furan rings is 1. The Bertz CT molecular complexity index is 670. The van der Waals surface area contributed by atoms with Crippen LogP contribution in [-0.2, 0) is 0 Å². The smallest absolute Gasteiger partial charge is 0.467 e. The van der Waals surface area contributed by atoms with Crippen LogP contribution >= 0.6 is 0 Å². The Morgan fingerprint density at radius 2 is 2.08 bits per heavy atom. The third kappa shape index (κ3) is 5.31. The van der Waals surface area contributed by atoms with Crippen molar-refractivity contribution in [3.05, 3.63) is 54.0 Å². The van der Waals surface area contributed by atoms with Gasteiger partial charge in [-0.2, -0.15) is 0 Å². The van der Waals surface area contributed by atoms with Crippen LogP contribution in [-0.4, -0.2) is 23.4 Å². The van der Waals surface area contributed by atoms with Gasteiger partial charge >= 0.3 is 6.36 Å². The van der Waals surface area contributed by atoms with Gasteiger partial charge in [-0.15, -0.1) is 13.2 Å². The molecule has 2 aromatic rings. The molecular formula is C16H16F3NO4. The Balaban J connectivity index is 1.95. The molecule has 130 valence electrons. The van der Waals surface area contributed by atoms with Crippen molar-refractivity contribution in [2.45, 2.75) is 31.9 Å². The molecule has 0 fully saturated rings. The molecule has 1 aromatic heterocycles. The minimum absolute atomic E-state index is 0.0242. The highest BCUT2D eigenvalue weighted by atomic mass is 19.4. The highest BCUT2D eigenvalue weighted by molar-refractivity contribution is 5.94. The maximum atomic E-state index is 12.2. The monoisotopic (exact) mass is 343 g/mol. The van der Waals surface area contributed by atoms with Crippen LogP contribution in [0.25, 0.3) is 0 Å². The summed E-state index contributed by atoms with van der Waals surface area (Å²) < 4.78 is 45.4. The van der Waals surface area contributed by atoms with Crippen molar-refractivity contribution in [2.75, 3.05) is 0 Å². The van der Waals surface area contributed by atoms with Gasteiger partial charge in [-0.3, -0.25) is 4.79 Å². The molecular weight excluding hydrogens is 327 g/mol. The number of ether oxygens (including phenoxy) is 1. The molecule has 2 atom stereocenters. The Hall–Kier alpha value is -2.48. The number of halogens is 3. The number of rotatable bonds is 6. The van der Waals surface area contributed by atoms with Gasteiger partial charge < -0.3 is 19.6 Å². The SMILES string of the molecule is CC(CC(O)c1ccco1)NC(=O)c1cccc(OC(F)(F)F)c1. The van der Waals surface area contributed by atoms with E-state index >= 15 is 0 Å². The maximum absolute atomic E-state index is 12.2. The summed E-state index contributed by atoms with van der Waals surface area (Å²) in [6.07, 6.45) is -4.10. The first-order valence-electron chi connectivity index (χ1n) is 7.13. The number of hydrogen-bond donors (Lipinski definition) is 2. The van der Waals surface area contributed by atoms with Crippen molar-refractivity contribution in [3.63, 3.8) is 0 Å². The van der Waals surface area contributed by atoms with Gasteiger partial charge in [-0.05, 0) is 37.3 Å². The summed E-state index contributed by atoms with van der Waals surface area (Å²) in [5, 5.41) is 12.5. The molecule has 1 heterocycles. The highest BCUT2D eigenvalue weighted by Crippen LogP contribution is 2.23. The lowest BCUT2D eigenvalue weighted by Crippen LogP contribution is -2.33. The molecule has 2 rings (SSSR count). The first kappa shape index (κ1) is 17.9. The van der Waals surface area contributed by atoms with Crippen molar-refractivity contribution in [3.8, 4) is 5.75 Å². The molecule has 1 aromatic carbocycles. The molecule has 0 spiro atoms. The van der Waals surface area contributed by atoms with Crippen molar-refractivity contribution >= 4 is 5.91 Å². The molecule has 0 aliphatic carbocycles. The largest absolute Gasteiger partial charge is 0.573 e. The molecule has 0 radical (unpaired) electrons. The first-order valence-corrected chi connectivity index (χ1v) is 7.13. The molecule has 0 bridgehead atoms. The molecule has 2 N–H and O–H groups in total. The lowest BCUT2D eigenvalue weighted by atomic mass is 10.1. The van der Waals surface area contributed by atoms with Crippen LogP contribution in [0.1, 0.15) is 35.6 Å². The summed E-state index contributed by atoms with van der Waals surface area (Å²) in [7, 11) is 0. The van der Waals surface area contributed by atoms with Crippen LogP contribution in [0.5, 0.6) is 5.75 Å². The lowest BCUT2D eigenvalue weighted by Gasteiger charge is -2.17. The molecule has 1 amide bonds. The van der Waals surface area contributed by atoms with Gasteiger partial charge in [0.25, 0.3) is 5.91 Å². The minimum Gasteiger partial charge on any atom is -0.467 e. The number of carbonyl (C=O) groups excluding carboxylic acids is 1. The zero-order chi connectivity index (χ0) is 17.7. The fourth-order valence-corrected chi connectivity index (χ4v) is 2.13. The topological polar surface area (TPSA) is 71.7 Å². The normalized spacial score (nSPS) is 14.0. The predicted molar refractivity (Wildman–Crippen MR) is 78.3 cm³/mol. The third-order valence-electron chi connectivity index (χ3n) is 3.16. The average Bonchev–Trinajstić information content (AvgIpc) is 2.99. The number of hydrogen-bond acceptors (Lipinski definition) is 4. The minimum atomic E-state index is -4.82. The zero-order valence-corrected chi connectivity index (χ0v) is 12.7. The van der Waals surface area contributed by atoms with Crippen LogP contribution in [0.15, 0.2) is 47.1 Å². The number of nitrogens with one attached hydrogen (secondary N) is 1. The molecule has 0 saturated carbocycles. The molecule has 2 unspecified atom stereocenters. The summed E-state index contributed by atoms with van der Waals surface area (Å²) in [6, 6.07) is 7.58. The van der Waals surface area contributed by atoms with Gasteiger partial charge in [-0.25, -0.2) is 0 Å². The molecule has 8 heteroatoms. The van der Waals surface area contributed by atoms with E-state index in [-0.39, 0.29) is 12.0 Å². The van der Waals surface area contributed by atoms with Gasteiger partial charge in [0.15, 0.2) is 0 Å². The van der Waals surface area contributed by atoms with Crippen LogP contribution in [0, 0.1) is 0 Å². The summed E-state index contributed by atoms with van der Waals surface area (Å²) in [5.41, 5.74) is 0.0242. The zero-order valence-electron chi connectivity index (χ0n) is 12.7. The van der Waals surface area contributed by atoms with E-state index in [2.05, 4.69) is 10.1 Å². The standard InChI is InChI=1S/C16H16F3NO4/c1-10(8-13(21)14-6-3-7-23-14)20-15(22)11-4-2-5-12(9-11)24-16(17,18)19/h2-7,9-10,13,21H,8H2,1H3,(H,20,22). The fourth-order valence-electron chi connectivity index (χ4n) is 2.13. The maximum Gasteiger partial charge on any atom is 0.573 e. The molecule has 5 nitrogen and oxygen atoms in total. The Morgan fingerprint density at radius 1 is 1.33 bits per heavy atom. The number of aliphatic hydroxyl groups excluding tert-OH is 1. The third-order valence-corrected chi connectivity index (χ3v) is 3.16. The second-order valence-electron chi connectivity index (χ2n) is 5.22. The van der Waals surface area contributed by atoms with Crippen molar-refractivity contribution in [2.24, 2.45) is 0 Å². The lowest BCUT2D eigenvalue weighted by molar-refractivity contribution is -0.274. The van der Waals surface area contributed by atoms with Crippen molar-refractivity contribution in [1.29, 1.82) is 0 Å². The Kier molecular flexibility index (Phi) is 5.50. The quantitative estimate of drug-likeness (QED) is 0.843. The van der Waals surface area contributed by atoms with Gasteiger partial charge in [-0.1, -0.05) is 6.07 Å². The fraction of sp³-hybridized carbons (Fsp3) is 0.312. The number of benzene rings is 1. The van der Waals surface area contributed by atoms with E-state index in [9.17, 15) is 23.1 Å². The van der Waals surface area contributed by atoms with E-state index in [0.717, 1.165) is 12.1 Å². The van der Waals surface area contributed by atoms with E-state index in [1.807, 2.05) is 0 Å². The van der Waals surface area contributed by atoms with Crippen LogP contribution in [0.4, 0.5) is 13.2 Å². The van der Waals surface area contributed by atoms with Crippen LogP contribution in [0.3, 0.4) is 0 Å². The average molecular weight is 343 g/mol. The Morgan fingerprint density at radius 3 is 2.71 bits per heavy atom. The molecule has 0 aliphatic heterocycles. The van der Waals surface area contributed by atoms with Crippen molar-refractivity contribution in [1.82, 2.24) is 5.32 Å². The van der Waals surface area contributed by atoms with Crippen LogP contribution < -0.4 is 10.1 Å². The molecule has 0 saturated heterocycles. The van der Waals surface area contributed by atoms with E-state index in [0.29, 0.717) is 5.76 Å². The van der Waals surface area contributed by atoms with E-state index in [4.69, 9.17) is 4.42 Å². The number of amides is 1. The van der Waals surface area contributed by atoms with Crippen molar-refractivity contribution < 1.29 is 32.2 Å². The van der Waals surface area contributed by atoms with E-state index < -0.39 is 30.2 Å². The predicted octanol–water partition coefficient (Wildman–Crippen LogP) is 3.42. The van der Waals surface area contributed by atoms with E-state index in [1.165, 1.54) is 18.4 Å².